The molecule has 0 amide bonds. The maximum absolute atomic E-state index is 10.2. The Bertz CT molecular complexity index is 171. The molecule has 0 saturated heterocycles. The Kier molecular flexibility index (Phi) is 4.10. The molecule has 0 aromatic rings. The van der Waals surface area contributed by atoms with Crippen molar-refractivity contribution >= 4 is 13.8 Å². The van der Waals surface area contributed by atoms with Crippen LogP contribution < -0.4 is 0 Å². The summed E-state index contributed by atoms with van der Waals surface area (Å²) in [5, 5.41) is 0. The van der Waals surface area contributed by atoms with Crippen molar-refractivity contribution in [2.24, 2.45) is 0 Å². The van der Waals surface area contributed by atoms with Gasteiger partial charge in [-0.05, 0) is 0 Å². The summed E-state index contributed by atoms with van der Waals surface area (Å²) in [6.07, 6.45) is -1.43. The Labute approximate surface area is 63.3 Å². The van der Waals surface area contributed by atoms with E-state index in [0.29, 0.717) is 0 Å². The van der Waals surface area contributed by atoms with E-state index in [1.165, 1.54) is 0 Å². The summed E-state index contributed by atoms with van der Waals surface area (Å²) in [6, 6.07) is 0. The quantitative estimate of drug-likeness (QED) is 0.471. The number of rotatable bonds is 3. The van der Waals surface area contributed by atoms with Crippen molar-refractivity contribution in [1.29, 1.82) is 0 Å². The van der Waals surface area contributed by atoms with Crippen LogP contribution in [0.5, 0.6) is 0 Å². The minimum absolute atomic E-state index is 0.336. The molecule has 11 heavy (non-hydrogen) atoms. The van der Waals surface area contributed by atoms with Gasteiger partial charge in [-0.2, -0.15) is 0 Å². The zero-order valence-electron chi connectivity index (χ0n) is 5.89. The number of hydrogen-bond donors (Lipinski definition) is 2. The van der Waals surface area contributed by atoms with Gasteiger partial charge in [-0.1, -0.05) is 0 Å². The van der Waals surface area contributed by atoms with Crippen molar-refractivity contribution < 1.29 is 28.6 Å². The van der Waals surface area contributed by atoms with Gasteiger partial charge in [0.05, 0.1) is 13.3 Å². The average Bonchev–Trinajstić information content (AvgIpc) is 1.85. The van der Waals surface area contributed by atoms with E-state index in [9.17, 15) is 9.36 Å². The monoisotopic (exact) mass is 184 g/mol. The van der Waals surface area contributed by atoms with Crippen LogP contribution in [0.4, 0.5) is 4.79 Å². The molecule has 0 spiro atoms. The first-order valence-corrected chi connectivity index (χ1v) is 4.51. The molecule has 0 aromatic heterocycles. The average molecular weight is 184 g/mol. The van der Waals surface area contributed by atoms with Gasteiger partial charge >= 0.3 is 13.8 Å². The summed E-state index contributed by atoms with van der Waals surface area (Å²) in [5.41, 5.74) is 0. The fourth-order valence-corrected chi connectivity index (χ4v) is 0.636. The number of carbonyl (C=O) groups is 1. The van der Waals surface area contributed by atoms with Gasteiger partial charge in [0, 0.05) is 0 Å². The SMILES string of the molecule is COC(=O)OCCP(=O)(O)O. The third-order valence-corrected chi connectivity index (χ3v) is 1.53. The van der Waals surface area contributed by atoms with E-state index in [4.69, 9.17) is 9.79 Å². The molecule has 0 aliphatic heterocycles. The lowest BCUT2D eigenvalue weighted by Gasteiger charge is -2.03. The van der Waals surface area contributed by atoms with Gasteiger partial charge in [0.25, 0.3) is 0 Å². The maximum atomic E-state index is 10.2. The third-order valence-electron chi connectivity index (χ3n) is 0.769. The van der Waals surface area contributed by atoms with Crippen LogP contribution in [0.15, 0.2) is 0 Å². The molecule has 0 aromatic carbocycles. The molecule has 0 aliphatic carbocycles. The molecule has 2 N–H and O–H groups in total. The molecule has 0 saturated carbocycles. The number of ether oxygens (including phenoxy) is 2. The maximum Gasteiger partial charge on any atom is 0.507 e. The highest BCUT2D eigenvalue weighted by molar-refractivity contribution is 7.51. The molecule has 0 aliphatic rings. The fourth-order valence-electron chi connectivity index (χ4n) is 0.307. The molecule has 0 bridgehead atoms. The predicted octanol–water partition coefficient (Wildman–Crippen LogP) is -0.0529. The Morgan fingerprint density at radius 2 is 2.09 bits per heavy atom. The van der Waals surface area contributed by atoms with Crippen LogP contribution in [0.25, 0.3) is 0 Å². The molecule has 0 fully saturated rings. The van der Waals surface area contributed by atoms with E-state index in [1.54, 1.807) is 0 Å². The van der Waals surface area contributed by atoms with Gasteiger partial charge in [0.15, 0.2) is 0 Å². The van der Waals surface area contributed by atoms with E-state index >= 15 is 0 Å². The van der Waals surface area contributed by atoms with Crippen molar-refractivity contribution in [2.75, 3.05) is 19.9 Å². The van der Waals surface area contributed by atoms with E-state index < -0.39 is 19.9 Å². The Hall–Kier alpha value is -0.580. The van der Waals surface area contributed by atoms with Crippen molar-refractivity contribution in [3.63, 3.8) is 0 Å². The van der Waals surface area contributed by atoms with Gasteiger partial charge in [-0.15, -0.1) is 0 Å². The van der Waals surface area contributed by atoms with Gasteiger partial charge < -0.3 is 19.3 Å². The lowest BCUT2D eigenvalue weighted by atomic mass is 10.9. The second-order valence-corrected chi connectivity index (χ2v) is 3.47. The molecule has 0 atom stereocenters. The van der Waals surface area contributed by atoms with Crippen LogP contribution in [0, 0.1) is 0 Å². The predicted molar refractivity (Wildman–Crippen MR) is 35.3 cm³/mol. The smallest absolute Gasteiger partial charge is 0.438 e. The van der Waals surface area contributed by atoms with E-state index in [2.05, 4.69) is 9.47 Å². The van der Waals surface area contributed by atoms with Crippen molar-refractivity contribution in [1.82, 2.24) is 0 Å². The van der Waals surface area contributed by atoms with Gasteiger partial charge in [-0.3, -0.25) is 4.57 Å². The highest BCUT2D eigenvalue weighted by Crippen LogP contribution is 2.33. The molecule has 66 valence electrons. The zero-order chi connectivity index (χ0) is 8.91. The van der Waals surface area contributed by atoms with Crippen molar-refractivity contribution in [2.45, 2.75) is 0 Å². The van der Waals surface area contributed by atoms with Crippen LogP contribution in [-0.4, -0.2) is 35.8 Å². The fraction of sp³-hybridized carbons (Fsp3) is 0.750. The number of methoxy groups -OCH3 is 1. The summed E-state index contributed by atoms with van der Waals surface area (Å²) in [4.78, 5) is 26.8. The summed E-state index contributed by atoms with van der Waals surface area (Å²) >= 11 is 0. The largest absolute Gasteiger partial charge is 0.507 e. The molecule has 0 rings (SSSR count). The Morgan fingerprint density at radius 1 is 1.55 bits per heavy atom. The highest BCUT2D eigenvalue weighted by atomic mass is 31.2. The Morgan fingerprint density at radius 3 is 2.45 bits per heavy atom. The lowest BCUT2D eigenvalue weighted by Crippen LogP contribution is -2.08. The van der Waals surface area contributed by atoms with E-state index in [0.717, 1.165) is 7.11 Å². The normalized spacial score (nSPS) is 10.8. The number of hydrogen-bond acceptors (Lipinski definition) is 4. The molecular formula is C4H9O6P. The van der Waals surface area contributed by atoms with Crippen LogP contribution >= 0.6 is 7.60 Å². The number of carbonyl (C=O) groups excluding carboxylic acids is 1. The molecule has 7 heteroatoms. The molecular weight excluding hydrogens is 175 g/mol. The lowest BCUT2D eigenvalue weighted by molar-refractivity contribution is 0.0768. The van der Waals surface area contributed by atoms with Crippen LogP contribution in [-0.2, 0) is 14.0 Å². The van der Waals surface area contributed by atoms with Gasteiger partial charge in [0.1, 0.15) is 6.61 Å². The van der Waals surface area contributed by atoms with Crippen LogP contribution in [0.3, 0.4) is 0 Å². The molecule has 0 heterocycles. The molecule has 0 unspecified atom stereocenters. The zero-order valence-corrected chi connectivity index (χ0v) is 6.78. The van der Waals surface area contributed by atoms with E-state index in [-0.39, 0.29) is 6.61 Å². The highest BCUT2D eigenvalue weighted by Gasteiger charge is 2.13. The van der Waals surface area contributed by atoms with Crippen LogP contribution in [0.2, 0.25) is 0 Å². The Balaban J connectivity index is 3.43. The minimum atomic E-state index is -4.07. The first kappa shape index (κ1) is 10.4. The standard InChI is InChI=1S/C4H9O6P/c1-9-4(5)10-2-3-11(6,7)8/h2-3H2,1H3,(H2,6,7,8). The second-order valence-electron chi connectivity index (χ2n) is 1.69. The van der Waals surface area contributed by atoms with Crippen molar-refractivity contribution in [3.8, 4) is 0 Å². The summed E-state index contributed by atoms with van der Waals surface area (Å²) in [7, 11) is -2.95. The molecule has 6 nitrogen and oxygen atoms in total. The first-order chi connectivity index (χ1) is 4.95. The summed E-state index contributed by atoms with van der Waals surface area (Å²) in [5.74, 6) is 0. The topological polar surface area (TPSA) is 93.1 Å². The summed E-state index contributed by atoms with van der Waals surface area (Å²) < 4.78 is 18.4. The molecule has 0 radical (unpaired) electrons. The second kappa shape index (κ2) is 4.33. The van der Waals surface area contributed by atoms with Crippen LogP contribution in [0.1, 0.15) is 0 Å². The van der Waals surface area contributed by atoms with Gasteiger partial charge in [-0.25, -0.2) is 4.79 Å². The van der Waals surface area contributed by atoms with E-state index in [1.807, 2.05) is 0 Å². The van der Waals surface area contributed by atoms with Gasteiger partial charge in [0.2, 0.25) is 0 Å². The minimum Gasteiger partial charge on any atom is -0.438 e. The third kappa shape index (κ3) is 7.32. The van der Waals surface area contributed by atoms with Crippen molar-refractivity contribution in [3.05, 3.63) is 0 Å². The summed E-state index contributed by atoms with van der Waals surface area (Å²) in [6.45, 7) is -0.336. The first-order valence-electron chi connectivity index (χ1n) is 2.71.